The van der Waals surface area contributed by atoms with E-state index in [1.807, 2.05) is 36.3 Å². The van der Waals surface area contributed by atoms with Gasteiger partial charge in [0.15, 0.2) is 13.5 Å². The van der Waals surface area contributed by atoms with Gasteiger partial charge in [0, 0.05) is 26.5 Å². The summed E-state index contributed by atoms with van der Waals surface area (Å²) in [7, 11) is 4.81. The molecule has 4 nitrogen and oxygen atoms in total. The third kappa shape index (κ3) is 11.1. The van der Waals surface area contributed by atoms with Crippen LogP contribution >= 0.6 is 39.0 Å². The van der Waals surface area contributed by atoms with Gasteiger partial charge in [-0.25, -0.2) is 0 Å². The van der Waals surface area contributed by atoms with E-state index in [0.29, 0.717) is 13.5 Å². The van der Waals surface area contributed by atoms with Crippen molar-refractivity contribution in [1.82, 2.24) is 9.80 Å². The Kier molecular flexibility index (Phi) is 11.9. The number of nitrogens with zero attached hydrogens (tertiary/aromatic N) is 2. The zero-order valence-corrected chi connectivity index (χ0v) is 14.4. The van der Waals surface area contributed by atoms with Crippen LogP contribution in [0.2, 0.25) is 0 Å². The summed E-state index contributed by atoms with van der Waals surface area (Å²) >= 11 is 4.65. The molecule has 0 N–H and O–H groups in total. The number of rotatable bonds is 0. The van der Waals surface area contributed by atoms with Gasteiger partial charge in [-0.2, -0.15) is 0 Å². The van der Waals surface area contributed by atoms with Gasteiger partial charge in [0.1, 0.15) is 12.5 Å². The van der Waals surface area contributed by atoms with Crippen LogP contribution in [0, 0.1) is 0 Å². The number of ether oxygens (including phenoxy) is 2. The topological polar surface area (TPSA) is 24.9 Å². The van der Waals surface area contributed by atoms with E-state index in [2.05, 4.69) is 39.0 Å². The van der Waals surface area contributed by atoms with E-state index >= 15 is 0 Å². The van der Waals surface area contributed by atoms with Gasteiger partial charge in [0.25, 0.3) is 0 Å². The van der Waals surface area contributed by atoms with Crippen molar-refractivity contribution in [2.45, 2.75) is 0 Å². The molecule has 0 amide bonds. The number of hydrogen-bond acceptors (Lipinski definition) is 4. The van der Waals surface area contributed by atoms with Gasteiger partial charge in [0.05, 0.1) is 0 Å². The quantitative estimate of drug-likeness (QED) is 0.355. The molecule has 0 atom stereocenters. The zero-order valence-electron chi connectivity index (χ0n) is 8.51. The Morgan fingerprint density at radius 3 is 1.40 bits per heavy atom. The van der Waals surface area contributed by atoms with Gasteiger partial charge in [-0.1, -0.05) is 0 Å². The van der Waals surface area contributed by atoms with Crippen LogP contribution in [-0.2, 0) is 20.2 Å². The molecule has 0 aliphatic carbocycles. The molecular weight excluding hydrogens is 516 g/mol. The molecule has 2 rings (SSSR count). The van der Waals surface area contributed by atoms with Crippen molar-refractivity contribution in [3.63, 3.8) is 0 Å². The first-order chi connectivity index (χ1) is 7.20. The summed E-state index contributed by atoms with van der Waals surface area (Å²) in [5, 5.41) is 0. The van der Waals surface area contributed by atoms with Crippen LogP contribution in [0.3, 0.4) is 0 Å². The van der Waals surface area contributed by atoms with Crippen LogP contribution in [-0.4, -0.2) is 37.4 Å². The molecule has 0 bridgehead atoms. The molecule has 0 saturated heterocycles. The molecule has 0 spiro atoms. The fraction of sp³-hybridized carbons (Fsp3) is 0.500. The standard InChI is InChI=1S/2C4H7NO.2HI.Pd/c2*1-5-2-3-6-4-5;;;/h2*2-3H,4H2,1H3;2*1H;/q;;;;+2/p-2. The van der Waals surface area contributed by atoms with E-state index in [-0.39, 0.29) is 0 Å². The molecule has 0 aromatic rings. The molecule has 0 radical (unpaired) electrons. The van der Waals surface area contributed by atoms with E-state index in [0.717, 1.165) is 10.8 Å². The third-order valence-corrected chi connectivity index (χ3v) is 1.38. The second kappa shape index (κ2) is 11.3. The monoisotopic (exact) mass is 530 g/mol. The van der Waals surface area contributed by atoms with Gasteiger partial charge >= 0.3 is 49.8 Å². The van der Waals surface area contributed by atoms with Crippen LogP contribution in [0.5, 0.6) is 0 Å². The predicted molar refractivity (Wildman–Crippen MR) is 73.8 cm³/mol. The van der Waals surface area contributed by atoms with Crippen LogP contribution in [0.15, 0.2) is 24.9 Å². The molecule has 2 aliphatic heterocycles. The van der Waals surface area contributed by atoms with Gasteiger partial charge in [-0.05, 0) is 0 Å². The Morgan fingerprint density at radius 1 is 1.00 bits per heavy atom. The van der Waals surface area contributed by atoms with E-state index in [1.54, 1.807) is 12.5 Å². The zero-order chi connectivity index (χ0) is 11.5. The molecule has 0 aromatic carbocycles. The summed E-state index contributed by atoms with van der Waals surface area (Å²) in [5.74, 6) is 0. The molecule has 0 unspecified atom stereocenters. The second-order valence-electron chi connectivity index (χ2n) is 2.72. The van der Waals surface area contributed by atoms with Crippen LogP contribution in [0.4, 0.5) is 0 Å². The third-order valence-electron chi connectivity index (χ3n) is 1.38. The van der Waals surface area contributed by atoms with Gasteiger partial charge < -0.3 is 19.3 Å². The van der Waals surface area contributed by atoms with Crippen molar-refractivity contribution in [3.8, 4) is 0 Å². The van der Waals surface area contributed by atoms with Gasteiger partial charge in [0.2, 0.25) is 0 Å². The molecule has 92 valence electrons. The first kappa shape index (κ1) is 15.8. The fourth-order valence-corrected chi connectivity index (χ4v) is 0.701. The number of hydrogen-bond donors (Lipinski definition) is 0. The van der Waals surface area contributed by atoms with Crippen LogP contribution < -0.4 is 0 Å². The Balaban J connectivity index is 0.000000210. The van der Waals surface area contributed by atoms with Crippen molar-refractivity contribution < 1.29 is 20.2 Å². The van der Waals surface area contributed by atoms with Crippen molar-refractivity contribution >= 4 is 39.0 Å². The van der Waals surface area contributed by atoms with E-state index in [1.165, 1.54) is 0 Å². The van der Waals surface area contributed by atoms with Crippen molar-refractivity contribution in [1.29, 1.82) is 0 Å². The molecule has 2 aliphatic rings. The Bertz CT molecular complexity index is 185. The minimum absolute atomic E-state index is 0.708. The van der Waals surface area contributed by atoms with Crippen LogP contribution in [0.1, 0.15) is 0 Å². The summed E-state index contributed by atoms with van der Waals surface area (Å²) in [4.78, 5) is 3.92. The Labute approximate surface area is 120 Å². The van der Waals surface area contributed by atoms with Crippen molar-refractivity contribution in [3.05, 3.63) is 24.9 Å². The fourth-order valence-electron chi connectivity index (χ4n) is 0.701. The maximum atomic E-state index is 4.80. The first-order valence-electron chi connectivity index (χ1n) is 4.00. The Hall–Kier alpha value is 0.802. The average Bonchev–Trinajstić information content (AvgIpc) is 2.81. The maximum absolute atomic E-state index is 4.80. The molecule has 0 fully saturated rings. The Morgan fingerprint density at radius 2 is 1.33 bits per heavy atom. The van der Waals surface area contributed by atoms with Crippen LogP contribution in [0.25, 0.3) is 0 Å². The predicted octanol–water partition coefficient (Wildman–Crippen LogP) is 2.52. The number of halogens is 2. The van der Waals surface area contributed by atoms with Gasteiger partial charge in [-0.3, -0.25) is 0 Å². The van der Waals surface area contributed by atoms with Crippen molar-refractivity contribution in [2.75, 3.05) is 27.6 Å². The molecule has 2 heterocycles. The summed E-state index contributed by atoms with van der Waals surface area (Å²) < 4.78 is 9.60. The summed E-state index contributed by atoms with van der Waals surface area (Å²) in [6.45, 7) is 1.42. The summed E-state index contributed by atoms with van der Waals surface area (Å²) in [5.41, 5.74) is 0. The van der Waals surface area contributed by atoms with E-state index < -0.39 is 0 Å². The van der Waals surface area contributed by atoms with E-state index in [9.17, 15) is 0 Å². The molecule has 0 saturated carbocycles. The molecule has 15 heavy (non-hydrogen) atoms. The minimum atomic E-state index is 0.708. The van der Waals surface area contributed by atoms with Crippen molar-refractivity contribution in [2.24, 2.45) is 0 Å². The SMILES string of the molecule is CN1C=COC1.CN1C=COC1.[I][Pd][I]. The van der Waals surface area contributed by atoms with Gasteiger partial charge in [-0.15, -0.1) is 0 Å². The second-order valence-corrected chi connectivity index (χ2v) is 14.7. The van der Waals surface area contributed by atoms with E-state index in [4.69, 9.17) is 9.47 Å². The summed E-state index contributed by atoms with van der Waals surface area (Å²) in [6, 6.07) is 0. The molecule has 0 aromatic heterocycles. The first-order valence-corrected chi connectivity index (χ1v) is 13.2. The normalized spacial score (nSPS) is 16.3. The average molecular weight is 530 g/mol. The summed E-state index contributed by atoms with van der Waals surface area (Å²) in [6.07, 6.45) is 7.14. The molecule has 7 heteroatoms. The molecular formula is C8H14I2N2O2Pd.